The van der Waals surface area contributed by atoms with Crippen molar-refractivity contribution in [2.24, 2.45) is 5.41 Å². The number of hydrogen-bond acceptors (Lipinski definition) is 4. The molecule has 2 rings (SSSR count). The molecule has 1 heterocycles. The first-order chi connectivity index (χ1) is 11.3. The zero-order valence-electron chi connectivity index (χ0n) is 14.2. The van der Waals surface area contributed by atoms with Crippen LogP contribution in [0, 0.1) is 12.3 Å². The Morgan fingerprint density at radius 1 is 1.29 bits per heavy atom. The van der Waals surface area contributed by atoms with Crippen LogP contribution in [0.2, 0.25) is 0 Å². The molecular formula is C18H23N3O3. The van der Waals surface area contributed by atoms with Crippen molar-refractivity contribution in [2.75, 3.05) is 13.2 Å². The summed E-state index contributed by atoms with van der Waals surface area (Å²) in [5.74, 6) is -0.504. The number of aliphatic hydroxyl groups excluding tert-OH is 1. The second-order valence-corrected chi connectivity index (χ2v) is 6.57. The molecule has 2 aromatic rings. The lowest BCUT2D eigenvalue weighted by atomic mass is 9.90. The molecule has 24 heavy (non-hydrogen) atoms. The van der Waals surface area contributed by atoms with Crippen LogP contribution in [-0.4, -0.2) is 33.9 Å². The minimum Gasteiger partial charge on any atom is -0.396 e. The maximum Gasteiger partial charge on any atom is 0.275 e. The van der Waals surface area contributed by atoms with E-state index in [1.807, 2.05) is 44.2 Å². The second-order valence-electron chi connectivity index (χ2n) is 6.57. The molecule has 6 nitrogen and oxygen atoms in total. The van der Waals surface area contributed by atoms with Gasteiger partial charge in [0, 0.05) is 24.9 Å². The van der Waals surface area contributed by atoms with Gasteiger partial charge in [0.15, 0.2) is 5.69 Å². The lowest BCUT2D eigenvalue weighted by molar-refractivity contribution is 0.0920. The van der Waals surface area contributed by atoms with E-state index in [4.69, 9.17) is 5.11 Å². The Bertz CT molecular complexity index is 767. The van der Waals surface area contributed by atoms with E-state index < -0.39 is 11.3 Å². The van der Waals surface area contributed by atoms with Crippen LogP contribution in [0.5, 0.6) is 0 Å². The molecule has 0 fully saturated rings. The van der Waals surface area contributed by atoms with Crippen LogP contribution in [-0.2, 0) is 0 Å². The third kappa shape index (κ3) is 4.29. The summed E-state index contributed by atoms with van der Waals surface area (Å²) in [5.41, 5.74) is 0.641. The highest BCUT2D eigenvalue weighted by Gasteiger charge is 2.21. The van der Waals surface area contributed by atoms with Crippen molar-refractivity contribution in [1.29, 1.82) is 0 Å². The summed E-state index contributed by atoms with van der Waals surface area (Å²) in [6.45, 7) is 6.05. The Morgan fingerprint density at radius 2 is 1.96 bits per heavy atom. The van der Waals surface area contributed by atoms with Gasteiger partial charge in [0.2, 0.25) is 5.43 Å². The van der Waals surface area contributed by atoms with Crippen molar-refractivity contribution in [3.8, 4) is 5.69 Å². The Hall–Kier alpha value is -2.47. The normalized spacial score (nSPS) is 11.3. The van der Waals surface area contributed by atoms with Gasteiger partial charge in [0.1, 0.15) is 0 Å². The second kappa shape index (κ2) is 7.40. The van der Waals surface area contributed by atoms with Crippen molar-refractivity contribution in [3.05, 3.63) is 58.0 Å². The summed E-state index contributed by atoms with van der Waals surface area (Å²) >= 11 is 0. The first-order valence-corrected chi connectivity index (χ1v) is 7.89. The van der Waals surface area contributed by atoms with Gasteiger partial charge in [-0.05, 0) is 30.9 Å². The molecule has 0 spiro atoms. The fourth-order valence-electron chi connectivity index (χ4n) is 2.33. The number of aliphatic hydroxyl groups is 1. The van der Waals surface area contributed by atoms with E-state index >= 15 is 0 Å². The van der Waals surface area contributed by atoms with Crippen molar-refractivity contribution >= 4 is 5.91 Å². The molecule has 0 saturated heterocycles. The number of aryl methyl sites for hydroxylation is 1. The number of carbonyl (C=O) groups excluding carboxylic acids is 1. The van der Waals surface area contributed by atoms with Gasteiger partial charge in [-0.2, -0.15) is 5.10 Å². The first-order valence-electron chi connectivity index (χ1n) is 7.89. The van der Waals surface area contributed by atoms with E-state index in [1.54, 1.807) is 11.6 Å². The van der Waals surface area contributed by atoms with Crippen molar-refractivity contribution in [3.63, 3.8) is 0 Å². The Labute approximate surface area is 141 Å². The van der Waals surface area contributed by atoms with Gasteiger partial charge in [0.25, 0.3) is 5.91 Å². The number of aromatic nitrogens is 2. The number of benzene rings is 1. The zero-order valence-corrected chi connectivity index (χ0v) is 14.2. The summed E-state index contributed by atoms with van der Waals surface area (Å²) in [7, 11) is 0. The highest BCUT2D eigenvalue weighted by atomic mass is 16.3. The van der Waals surface area contributed by atoms with Crippen LogP contribution >= 0.6 is 0 Å². The number of rotatable bonds is 6. The molecular weight excluding hydrogens is 306 g/mol. The molecule has 1 amide bonds. The van der Waals surface area contributed by atoms with E-state index in [0.29, 0.717) is 18.7 Å². The number of nitrogens with zero attached hydrogens (tertiary/aromatic N) is 2. The molecule has 0 unspecified atom stereocenters. The van der Waals surface area contributed by atoms with Gasteiger partial charge >= 0.3 is 0 Å². The predicted octanol–water partition coefficient (Wildman–Crippen LogP) is 1.68. The summed E-state index contributed by atoms with van der Waals surface area (Å²) in [6.07, 6.45) is 0.558. The molecule has 2 N–H and O–H groups in total. The lowest BCUT2D eigenvalue weighted by Crippen LogP contribution is -2.38. The molecule has 1 aromatic heterocycles. The minimum atomic E-state index is -0.504. The number of nitrogens with one attached hydrogen (secondary N) is 1. The van der Waals surface area contributed by atoms with Crippen LogP contribution in [0.1, 0.15) is 36.5 Å². The highest BCUT2D eigenvalue weighted by molar-refractivity contribution is 5.92. The largest absolute Gasteiger partial charge is 0.396 e. The fraction of sp³-hybridized carbons (Fsp3) is 0.389. The van der Waals surface area contributed by atoms with Gasteiger partial charge in [-0.1, -0.05) is 32.0 Å². The fourth-order valence-corrected chi connectivity index (χ4v) is 2.33. The van der Waals surface area contributed by atoms with Gasteiger partial charge in [-0.3, -0.25) is 9.59 Å². The molecule has 0 aliphatic carbocycles. The molecule has 0 aliphatic heterocycles. The SMILES string of the molecule is Cc1cc(=O)c(C(=O)NCC(C)(C)CCO)nn1-c1ccccc1. The van der Waals surface area contributed by atoms with Crippen LogP contribution in [0.4, 0.5) is 0 Å². The monoisotopic (exact) mass is 329 g/mol. The Morgan fingerprint density at radius 3 is 2.58 bits per heavy atom. The standard InChI is InChI=1S/C18H23N3O3/c1-13-11-15(23)16(17(24)19-12-18(2,3)9-10-22)20-21(13)14-7-5-4-6-8-14/h4-8,11,22H,9-10,12H2,1-3H3,(H,19,24). The molecule has 6 heteroatoms. The molecule has 128 valence electrons. The number of para-hydroxylation sites is 1. The minimum absolute atomic E-state index is 0.0481. The van der Waals surface area contributed by atoms with Gasteiger partial charge in [-0.15, -0.1) is 0 Å². The zero-order chi connectivity index (χ0) is 17.7. The van der Waals surface area contributed by atoms with Gasteiger partial charge in [-0.25, -0.2) is 4.68 Å². The van der Waals surface area contributed by atoms with E-state index in [1.165, 1.54) is 6.07 Å². The summed E-state index contributed by atoms with van der Waals surface area (Å²) in [5, 5.41) is 16.0. The summed E-state index contributed by atoms with van der Waals surface area (Å²) in [6, 6.07) is 10.7. The average Bonchev–Trinajstić information content (AvgIpc) is 2.53. The van der Waals surface area contributed by atoms with Crippen molar-refractivity contribution in [2.45, 2.75) is 27.2 Å². The summed E-state index contributed by atoms with van der Waals surface area (Å²) < 4.78 is 1.58. The Balaban J connectivity index is 2.27. The third-order valence-corrected chi connectivity index (χ3v) is 3.84. The van der Waals surface area contributed by atoms with Crippen molar-refractivity contribution in [1.82, 2.24) is 15.1 Å². The molecule has 0 atom stereocenters. The molecule has 0 radical (unpaired) electrons. The van der Waals surface area contributed by atoms with E-state index in [9.17, 15) is 9.59 Å². The highest BCUT2D eigenvalue weighted by Crippen LogP contribution is 2.18. The van der Waals surface area contributed by atoms with Crippen LogP contribution in [0.15, 0.2) is 41.2 Å². The maximum atomic E-state index is 12.4. The third-order valence-electron chi connectivity index (χ3n) is 3.84. The topological polar surface area (TPSA) is 84.2 Å². The number of carbonyl (C=O) groups is 1. The quantitative estimate of drug-likeness (QED) is 0.844. The molecule has 1 aromatic carbocycles. The average molecular weight is 329 g/mol. The van der Waals surface area contributed by atoms with E-state index in [2.05, 4.69) is 10.4 Å². The Kier molecular flexibility index (Phi) is 5.51. The number of amides is 1. The maximum absolute atomic E-state index is 12.4. The molecule has 0 bridgehead atoms. The van der Waals surface area contributed by atoms with E-state index in [-0.39, 0.29) is 17.7 Å². The number of hydrogen-bond donors (Lipinski definition) is 2. The predicted molar refractivity (Wildman–Crippen MR) is 92.4 cm³/mol. The van der Waals surface area contributed by atoms with E-state index in [0.717, 1.165) is 5.69 Å². The van der Waals surface area contributed by atoms with Crippen molar-refractivity contribution < 1.29 is 9.90 Å². The smallest absolute Gasteiger partial charge is 0.275 e. The molecule has 0 aliphatic rings. The van der Waals surface area contributed by atoms with Crippen LogP contribution in [0.3, 0.4) is 0 Å². The lowest BCUT2D eigenvalue weighted by Gasteiger charge is -2.23. The van der Waals surface area contributed by atoms with Crippen LogP contribution < -0.4 is 10.7 Å². The van der Waals surface area contributed by atoms with Crippen LogP contribution in [0.25, 0.3) is 5.69 Å². The summed E-state index contributed by atoms with van der Waals surface area (Å²) in [4.78, 5) is 24.5. The van der Waals surface area contributed by atoms with Gasteiger partial charge < -0.3 is 10.4 Å². The first kappa shape index (κ1) is 17.9. The molecule has 0 saturated carbocycles. The van der Waals surface area contributed by atoms with Gasteiger partial charge in [0.05, 0.1) is 5.69 Å².